The molecular formula is C16H16ClF3N4O2. The van der Waals surface area contributed by atoms with Gasteiger partial charge in [-0.25, -0.2) is 14.8 Å². The largest absolute Gasteiger partial charge is 0.444 e. The molecule has 0 saturated carbocycles. The Bertz CT molecular complexity index is 807. The van der Waals surface area contributed by atoms with Gasteiger partial charge >= 0.3 is 12.3 Å². The fourth-order valence-electron chi connectivity index (χ4n) is 1.86. The summed E-state index contributed by atoms with van der Waals surface area (Å²) >= 11 is 5.83. The van der Waals surface area contributed by atoms with Crippen molar-refractivity contribution in [1.82, 2.24) is 9.97 Å². The van der Waals surface area contributed by atoms with Crippen molar-refractivity contribution in [1.29, 1.82) is 0 Å². The minimum Gasteiger partial charge on any atom is -0.444 e. The van der Waals surface area contributed by atoms with Gasteiger partial charge in [-0.1, -0.05) is 17.7 Å². The number of halogens is 4. The van der Waals surface area contributed by atoms with Crippen molar-refractivity contribution in [2.75, 3.05) is 10.6 Å². The van der Waals surface area contributed by atoms with E-state index in [4.69, 9.17) is 16.3 Å². The fourth-order valence-corrected chi connectivity index (χ4v) is 2.05. The van der Waals surface area contributed by atoms with Gasteiger partial charge in [0.25, 0.3) is 0 Å². The Balaban J connectivity index is 2.28. The number of hydrogen-bond acceptors (Lipinski definition) is 5. The number of rotatable bonds is 3. The van der Waals surface area contributed by atoms with Crippen LogP contribution in [0.5, 0.6) is 0 Å². The molecule has 6 nitrogen and oxygen atoms in total. The first-order valence-electron chi connectivity index (χ1n) is 7.41. The van der Waals surface area contributed by atoms with Crippen LogP contribution in [-0.2, 0) is 10.9 Å². The average Bonchev–Trinajstić information content (AvgIpc) is 2.45. The number of benzene rings is 1. The van der Waals surface area contributed by atoms with Gasteiger partial charge < -0.3 is 10.1 Å². The molecule has 10 heteroatoms. The molecule has 0 bridgehead atoms. The number of alkyl halides is 3. The molecule has 2 aromatic rings. The lowest BCUT2D eigenvalue weighted by Crippen LogP contribution is -2.28. The van der Waals surface area contributed by atoms with Crippen molar-refractivity contribution in [2.45, 2.75) is 32.5 Å². The van der Waals surface area contributed by atoms with Crippen LogP contribution < -0.4 is 10.6 Å². The van der Waals surface area contributed by atoms with Crippen LogP contribution in [0.2, 0.25) is 5.02 Å². The van der Waals surface area contributed by atoms with Crippen LogP contribution in [0.1, 0.15) is 26.5 Å². The van der Waals surface area contributed by atoms with Crippen LogP contribution in [0.3, 0.4) is 0 Å². The summed E-state index contributed by atoms with van der Waals surface area (Å²) in [6.07, 6.45) is -4.99. The number of carbonyl (C=O) groups is 1. The Morgan fingerprint density at radius 1 is 1.23 bits per heavy atom. The van der Waals surface area contributed by atoms with Crippen molar-refractivity contribution in [3.05, 3.63) is 41.2 Å². The third kappa shape index (κ3) is 5.76. The lowest BCUT2D eigenvalue weighted by Gasteiger charge is -2.20. The summed E-state index contributed by atoms with van der Waals surface area (Å²) in [7, 11) is 0. The number of nitrogens with one attached hydrogen (secondary N) is 2. The van der Waals surface area contributed by atoms with E-state index >= 15 is 0 Å². The molecule has 2 N–H and O–H groups in total. The monoisotopic (exact) mass is 388 g/mol. The van der Waals surface area contributed by atoms with Gasteiger partial charge in [-0.2, -0.15) is 13.2 Å². The van der Waals surface area contributed by atoms with Crippen molar-refractivity contribution in [3.8, 4) is 0 Å². The SMILES string of the molecule is CC(C)(C)OC(=O)Nc1cnc(Nc2cccc(Cl)c2)nc1C(F)(F)F. The summed E-state index contributed by atoms with van der Waals surface area (Å²) in [6, 6.07) is 6.33. The molecule has 1 aromatic heterocycles. The number of hydrogen-bond donors (Lipinski definition) is 2. The maximum absolute atomic E-state index is 13.3. The standard InChI is InChI=1S/C16H16ClF3N4O2/c1-15(2,3)26-14(25)23-11-8-21-13(24-12(11)16(18,19)20)22-10-6-4-5-9(17)7-10/h4-8H,1-3H3,(H,23,25)(H,21,22,24). The van der Waals surface area contributed by atoms with Gasteiger partial charge in [-0.3, -0.25) is 5.32 Å². The van der Waals surface area contributed by atoms with Gasteiger partial charge in [-0.05, 0) is 39.0 Å². The topological polar surface area (TPSA) is 76.1 Å². The van der Waals surface area contributed by atoms with E-state index in [1.165, 1.54) is 6.07 Å². The molecule has 140 valence electrons. The molecule has 1 heterocycles. The lowest BCUT2D eigenvalue weighted by atomic mass is 10.2. The fraction of sp³-hybridized carbons (Fsp3) is 0.312. The second-order valence-electron chi connectivity index (χ2n) is 6.22. The molecule has 0 saturated heterocycles. The van der Waals surface area contributed by atoms with Crippen LogP contribution in [0.15, 0.2) is 30.5 Å². The van der Waals surface area contributed by atoms with Crippen LogP contribution in [0.4, 0.5) is 35.3 Å². The summed E-state index contributed by atoms with van der Waals surface area (Å²) in [5, 5.41) is 5.04. The summed E-state index contributed by atoms with van der Waals surface area (Å²) in [6.45, 7) is 4.77. The lowest BCUT2D eigenvalue weighted by molar-refractivity contribution is -0.140. The molecule has 0 fully saturated rings. The number of ether oxygens (including phenoxy) is 1. The highest BCUT2D eigenvalue weighted by Crippen LogP contribution is 2.34. The van der Waals surface area contributed by atoms with Crippen LogP contribution in [-0.4, -0.2) is 21.7 Å². The van der Waals surface area contributed by atoms with Gasteiger partial charge in [0, 0.05) is 10.7 Å². The van der Waals surface area contributed by atoms with Gasteiger partial charge in [0.05, 0.1) is 11.9 Å². The van der Waals surface area contributed by atoms with E-state index in [1.807, 2.05) is 5.32 Å². The molecule has 0 aliphatic heterocycles. The quantitative estimate of drug-likeness (QED) is 0.752. The minimum absolute atomic E-state index is 0.297. The molecule has 0 aliphatic carbocycles. The maximum Gasteiger partial charge on any atom is 0.435 e. The van der Waals surface area contributed by atoms with E-state index in [0.717, 1.165) is 6.20 Å². The van der Waals surface area contributed by atoms with Gasteiger partial charge in [-0.15, -0.1) is 0 Å². The molecule has 0 atom stereocenters. The minimum atomic E-state index is -4.81. The highest BCUT2D eigenvalue weighted by molar-refractivity contribution is 6.30. The van der Waals surface area contributed by atoms with Gasteiger partial charge in [0.1, 0.15) is 5.60 Å². The molecule has 0 unspecified atom stereocenters. The third-order valence-electron chi connectivity index (χ3n) is 2.77. The molecule has 0 aliphatic rings. The Kier molecular flexibility index (Phi) is 5.60. The average molecular weight is 389 g/mol. The van der Waals surface area contributed by atoms with Crippen LogP contribution >= 0.6 is 11.6 Å². The smallest absolute Gasteiger partial charge is 0.435 e. The predicted octanol–water partition coefficient (Wildman–Crippen LogP) is 5.24. The third-order valence-corrected chi connectivity index (χ3v) is 3.01. The van der Waals surface area contributed by atoms with Crippen molar-refractivity contribution >= 4 is 35.0 Å². The molecule has 0 spiro atoms. The van der Waals surface area contributed by atoms with Crippen molar-refractivity contribution in [2.24, 2.45) is 0 Å². The zero-order valence-electron chi connectivity index (χ0n) is 14.1. The predicted molar refractivity (Wildman–Crippen MR) is 91.6 cm³/mol. The number of amides is 1. The molecule has 26 heavy (non-hydrogen) atoms. The Hall–Kier alpha value is -2.55. The first kappa shape index (κ1) is 19.8. The highest BCUT2D eigenvalue weighted by Gasteiger charge is 2.37. The number of carbonyl (C=O) groups excluding carboxylic acids is 1. The second-order valence-corrected chi connectivity index (χ2v) is 6.65. The molecular weight excluding hydrogens is 373 g/mol. The molecule has 0 radical (unpaired) electrons. The van der Waals surface area contributed by atoms with E-state index in [9.17, 15) is 18.0 Å². The number of nitrogens with zero attached hydrogens (tertiary/aromatic N) is 2. The number of aromatic nitrogens is 2. The molecule has 2 rings (SSSR count). The van der Waals surface area contributed by atoms with Crippen molar-refractivity contribution in [3.63, 3.8) is 0 Å². The zero-order valence-corrected chi connectivity index (χ0v) is 14.9. The van der Waals surface area contributed by atoms with E-state index in [0.29, 0.717) is 10.7 Å². The summed E-state index contributed by atoms with van der Waals surface area (Å²) in [5.74, 6) is -0.297. The zero-order chi connectivity index (χ0) is 19.5. The maximum atomic E-state index is 13.3. The number of anilines is 3. The summed E-state index contributed by atoms with van der Waals surface area (Å²) < 4.78 is 44.8. The van der Waals surface area contributed by atoms with E-state index in [2.05, 4.69) is 15.3 Å². The van der Waals surface area contributed by atoms with Crippen molar-refractivity contribution < 1.29 is 22.7 Å². The van der Waals surface area contributed by atoms with E-state index in [1.54, 1.807) is 39.0 Å². The highest BCUT2D eigenvalue weighted by atomic mass is 35.5. The van der Waals surface area contributed by atoms with E-state index in [-0.39, 0.29) is 5.95 Å². The van der Waals surface area contributed by atoms with E-state index < -0.39 is 29.3 Å². The summed E-state index contributed by atoms with van der Waals surface area (Å²) in [4.78, 5) is 19.0. The first-order chi connectivity index (χ1) is 11.9. The van der Waals surface area contributed by atoms with Gasteiger partial charge in [0.15, 0.2) is 5.69 Å². The molecule has 1 amide bonds. The molecule has 1 aromatic carbocycles. The first-order valence-corrected chi connectivity index (χ1v) is 7.79. The Labute approximate surface area is 152 Å². The van der Waals surface area contributed by atoms with Gasteiger partial charge in [0.2, 0.25) is 5.95 Å². The van der Waals surface area contributed by atoms with Crippen LogP contribution in [0.25, 0.3) is 0 Å². The normalized spacial score (nSPS) is 11.8. The second kappa shape index (κ2) is 7.36. The summed E-state index contributed by atoms with van der Waals surface area (Å²) in [5.41, 5.74) is -2.36. The Morgan fingerprint density at radius 2 is 1.92 bits per heavy atom. The Morgan fingerprint density at radius 3 is 2.50 bits per heavy atom. The van der Waals surface area contributed by atoms with Crippen LogP contribution in [0, 0.1) is 0 Å².